The van der Waals surface area contributed by atoms with Crippen molar-refractivity contribution in [3.05, 3.63) is 98.8 Å². The Bertz CT molecular complexity index is 1870. The van der Waals surface area contributed by atoms with Crippen molar-refractivity contribution in [1.29, 1.82) is 0 Å². The van der Waals surface area contributed by atoms with Crippen molar-refractivity contribution in [3.63, 3.8) is 0 Å². The van der Waals surface area contributed by atoms with E-state index in [4.69, 9.17) is 0 Å². The zero-order valence-corrected chi connectivity index (χ0v) is 20.3. The maximum atomic E-state index is 14.1. The Morgan fingerprint density at radius 3 is 2.51 bits per heavy atom. The van der Waals surface area contributed by atoms with Gasteiger partial charge in [0.05, 0.1) is 34.6 Å². The van der Waals surface area contributed by atoms with Gasteiger partial charge in [-0.05, 0) is 62.1 Å². The van der Waals surface area contributed by atoms with Gasteiger partial charge < -0.3 is 10.3 Å². The monoisotopic (exact) mass is 534 g/mol. The standard InChI is InChI=1S/C27H21F3N6O3/c28-15-10-19-24(31-12-15)35(18-6-7-20(29)21(30)11-18)27(39)36(26(19)38)17-4-2-16(3-5-17)34-25(37)14-1-8-22-23(9-14)33-13-32-22/h1,6-13,16-17H,2-5H2,(H,32,33)(H,34,37)/t16-,17+. The van der Waals surface area contributed by atoms with Crippen molar-refractivity contribution in [1.82, 2.24) is 29.4 Å². The summed E-state index contributed by atoms with van der Waals surface area (Å²) in [5.41, 5.74) is 0.224. The van der Waals surface area contributed by atoms with Crippen LogP contribution in [-0.4, -0.2) is 36.0 Å². The molecular formula is C27H21F3N6O3. The molecule has 0 radical (unpaired) electrons. The second kappa shape index (κ2) is 9.53. The first-order chi connectivity index (χ1) is 18.8. The lowest BCUT2D eigenvalue weighted by Gasteiger charge is -2.30. The molecule has 39 heavy (non-hydrogen) atoms. The maximum absolute atomic E-state index is 14.1. The summed E-state index contributed by atoms with van der Waals surface area (Å²) in [5.74, 6) is -3.32. The minimum absolute atomic E-state index is 0.0495. The highest BCUT2D eigenvalue weighted by molar-refractivity contribution is 5.97. The highest BCUT2D eigenvalue weighted by Gasteiger charge is 2.28. The summed E-state index contributed by atoms with van der Waals surface area (Å²) in [7, 11) is 0. The first-order valence-electron chi connectivity index (χ1n) is 12.3. The number of hydrogen-bond donors (Lipinski definition) is 2. The van der Waals surface area contributed by atoms with Gasteiger partial charge in [0, 0.05) is 23.7 Å². The number of aromatic nitrogens is 5. The average Bonchev–Trinajstić information content (AvgIpc) is 3.40. The zero-order chi connectivity index (χ0) is 27.3. The van der Waals surface area contributed by atoms with Gasteiger partial charge in [-0.2, -0.15) is 0 Å². The number of halogens is 3. The fourth-order valence-corrected chi connectivity index (χ4v) is 5.18. The van der Waals surface area contributed by atoms with Crippen LogP contribution in [0, 0.1) is 17.5 Å². The molecule has 1 saturated carbocycles. The second-order valence-corrected chi connectivity index (χ2v) is 9.53. The van der Waals surface area contributed by atoms with E-state index in [-0.39, 0.29) is 28.7 Å². The van der Waals surface area contributed by atoms with Gasteiger partial charge in [0.2, 0.25) is 0 Å². The van der Waals surface area contributed by atoms with Gasteiger partial charge in [-0.3, -0.25) is 14.2 Å². The van der Waals surface area contributed by atoms with E-state index < -0.39 is 34.7 Å². The molecule has 0 atom stereocenters. The Morgan fingerprint density at radius 2 is 1.74 bits per heavy atom. The van der Waals surface area contributed by atoms with Crippen LogP contribution in [0.3, 0.4) is 0 Å². The van der Waals surface area contributed by atoms with Crippen LogP contribution < -0.4 is 16.6 Å². The molecule has 3 aromatic heterocycles. The molecule has 5 aromatic rings. The zero-order valence-electron chi connectivity index (χ0n) is 20.3. The van der Waals surface area contributed by atoms with Crippen molar-refractivity contribution < 1.29 is 18.0 Å². The third-order valence-electron chi connectivity index (χ3n) is 7.13. The van der Waals surface area contributed by atoms with Crippen molar-refractivity contribution in [3.8, 4) is 5.69 Å². The molecule has 0 saturated heterocycles. The fraction of sp³-hybridized carbons (Fsp3) is 0.222. The lowest BCUT2D eigenvalue weighted by Crippen LogP contribution is -2.45. The number of pyridine rings is 1. The molecule has 0 aliphatic heterocycles. The Kier molecular flexibility index (Phi) is 6.01. The van der Waals surface area contributed by atoms with Crippen LogP contribution in [0.2, 0.25) is 0 Å². The molecule has 0 spiro atoms. The fourth-order valence-electron chi connectivity index (χ4n) is 5.18. The van der Waals surface area contributed by atoms with Gasteiger partial charge in [-0.25, -0.2) is 32.5 Å². The van der Waals surface area contributed by atoms with E-state index in [1.807, 2.05) is 0 Å². The van der Waals surface area contributed by atoms with Crippen LogP contribution in [0.25, 0.3) is 27.8 Å². The number of rotatable bonds is 4. The molecule has 198 valence electrons. The minimum Gasteiger partial charge on any atom is -0.349 e. The molecule has 1 fully saturated rings. The van der Waals surface area contributed by atoms with Crippen molar-refractivity contribution >= 4 is 28.0 Å². The Balaban J connectivity index is 1.30. The third-order valence-corrected chi connectivity index (χ3v) is 7.13. The third kappa shape index (κ3) is 4.37. The van der Waals surface area contributed by atoms with Crippen LogP contribution in [0.15, 0.2) is 64.6 Å². The summed E-state index contributed by atoms with van der Waals surface area (Å²) < 4.78 is 43.7. The van der Waals surface area contributed by atoms with Crippen LogP contribution in [0.5, 0.6) is 0 Å². The van der Waals surface area contributed by atoms with E-state index >= 15 is 0 Å². The van der Waals surface area contributed by atoms with Crippen LogP contribution in [-0.2, 0) is 0 Å². The van der Waals surface area contributed by atoms with Gasteiger partial charge in [0.15, 0.2) is 17.3 Å². The number of imidazole rings is 1. The number of carbonyl (C=O) groups is 1. The predicted octanol–water partition coefficient (Wildman–Crippen LogP) is 3.75. The van der Waals surface area contributed by atoms with Crippen LogP contribution in [0.1, 0.15) is 42.1 Å². The minimum atomic E-state index is -1.19. The molecule has 2 N–H and O–H groups in total. The van der Waals surface area contributed by atoms with Crippen LogP contribution >= 0.6 is 0 Å². The second-order valence-electron chi connectivity index (χ2n) is 9.53. The van der Waals surface area contributed by atoms with Crippen molar-refractivity contribution in [2.75, 3.05) is 0 Å². The van der Waals surface area contributed by atoms with E-state index in [1.54, 1.807) is 24.5 Å². The lowest BCUT2D eigenvalue weighted by atomic mass is 9.90. The predicted molar refractivity (Wildman–Crippen MR) is 136 cm³/mol. The molecule has 0 bridgehead atoms. The average molecular weight is 534 g/mol. The molecule has 1 aliphatic carbocycles. The molecule has 0 unspecified atom stereocenters. The number of nitrogens with zero attached hydrogens (tertiary/aromatic N) is 4. The van der Waals surface area contributed by atoms with E-state index in [0.717, 1.165) is 39.0 Å². The number of hydrogen-bond acceptors (Lipinski definition) is 5. The van der Waals surface area contributed by atoms with E-state index in [1.165, 1.54) is 6.07 Å². The largest absolute Gasteiger partial charge is 0.349 e. The molecule has 1 amide bonds. The molecule has 2 aromatic carbocycles. The lowest BCUT2D eigenvalue weighted by molar-refractivity contribution is 0.0922. The highest BCUT2D eigenvalue weighted by Crippen LogP contribution is 2.28. The van der Waals surface area contributed by atoms with Crippen molar-refractivity contribution in [2.45, 2.75) is 37.8 Å². The van der Waals surface area contributed by atoms with E-state index in [9.17, 15) is 27.6 Å². The Hall–Kier alpha value is -4.74. The first kappa shape index (κ1) is 24.6. The van der Waals surface area contributed by atoms with E-state index in [0.29, 0.717) is 36.8 Å². The molecule has 9 nitrogen and oxygen atoms in total. The van der Waals surface area contributed by atoms with Gasteiger partial charge in [-0.1, -0.05) is 0 Å². The number of aromatic amines is 1. The number of amides is 1. The smallest absolute Gasteiger partial charge is 0.337 e. The highest BCUT2D eigenvalue weighted by atomic mass is 19.2. The van der Waals surface area contributed by atoms with Gasteiger partial charge in [-0.15, -0.1) is 0 Å². The van der Waals surface area contributed by atoms with Gasteiger partial charge >= 0.3 is 5.69 Å². The summed E-state index contributed by atoms with van der Waals surface area (Å²) >= 11 is 0. The first-order valence-corrected chi connectivity index (χ1v) is 12.3. The Labute approximate surface area is 217 Å². The number of H-pyrrole nitrogens is 1. The van der Waals surface area contributed by atoms with E-state index in [2.05, 4.69) is 20.3 Å². The molecule has 3 heterocycles. The molecule has 6 rings (SSSR count). The van der Waals surface area contributed by atoms with Gasteiger partial charge in [0.1, 0.15) is 5.82 Å². The summed E-state index contributed by atoms with van der Waals surface area (Å²) in [5, 5.41) is 2.83. The SMILES string of the molecule is O=C(N[C@H]1CC[C@@H](n2c(=O)c3cc(F)cnc3n(-c3ccc(F)c(F)c3)c2=O)CC1)c1ccc2[nH]cnc2c1. The quantitative estimate of drug-likeness (QED) is 0.365. The molecule has 12 heteroatoms. The number of carbonyl (C=O) groups excluding carboxylic acids is 1. The summed E-state index contributed by atoms with van der Waals surface area (Å²) in [6.45, 7) is 0. The van der Waals surface area contributed by atoms with Gasteiger partial charge in [0.25, 0.3) is 11.5 Å². The van der Waals surface area contributed by atoms with Crippen molar-refractivity contribution in [2.24, 2.45) is 0 Å². The maximum Gasteiger partial charge on any atom is 0.337 e. The summed E-state index contributed by atoms with van der Waals surface area (Å²) in [6.07, 6.45) is 4.12. The van der Waals surface area contributed by atoms with Crippen LogP contribution in [0.4, 0.5) is 13.2 Å². The number of fused-ring (bicyclic) bond motifs is 2. The summed E-state index contributed by atoms with van der Waals surface area (Å²) in [4.78, 5) is 50.8. The Morgan fingerprint density at radius 1 is 0.949 bits per heavy atom. The summed E-state index contributed by atoms with van der Waals surface area (Å²) in [6, 6.07) is 8.26. The number of benzene rings is 2. The molecular weight excluding hydrogens is 513 g/mol. The normalized spacial score (nSPS) is 17.5. The number of nitrogens with one attached hydrogen (secondary N) is 2. The molecule has 1 aliphatic rings. The topological polar surface area (TPSA) is 115 Å².